The summed E-state index contributed by atoms with van der Waals surface area (Å²) in [5.74, 6) is 0.0877. The fraction of sp³-hybridized carbons (Fsp3) is 0.722. The van der Waals surface area contributed by atoms with Gasteiger partial charge in [-0.25, -0.2) is 4.68 Å². The maximum Gasteiger partial charge on any atom is 0.268 e. The molecule has 1 amide bonds. The highest BCUT2D eigenvalue weighted by Crippen LogP contribution is 2.21. The van der Waals surface area contributed by atoms with Gasteiger partial charge in [0.1, 0.15) is 0 Å². The number of aromatic nitrogens is 2. The van der Waals surface area contributed by atoms with Gasteiger partial charge in [-0.2, -0.15) is 5.10 Å². The Hall–Kier alpha value is -1.93. The third kappa shape index (κ3) is 5.04. The van der Waals surface area contributed by atoms with Crippen LogP contribution in [0.4, 0.5) is 5.69 Å². The number of hydrogen-bond acceptors (Lipinski definition) is 6. The summed E-state index contributed by atoms with van der Waals surface area (Å²) in [7, 11) is 1.63. The Morgan fingerprint density at radius 2 is 2.15 bits per heavy atom. The number of nitrogens with zero attached hydrogens (tertiary/aromatic N) is 4. The monoisotopic (exact) mass is 363 g/mol. The summed E-state index contributed by atoms with van der Waals surface area (Å²) in [6.45, 7) is 6.79. The van der Waals surface area contributed by atoms with Crippen molar-refractivity contribution in [1.82, 2.24) is 20.0 Å². The smallest absolute Gasteiger partial charge is 0.268 e. The Morgan fingerprint density at radius 3 is 2.92 bits per heavy atom. The molecule has 8 heteroatoms. The molecule has 2 fully saturated rings. The molecule has 1 atom stereocenters. The van der Waals surface area contributed by atoms with E-state index in [4.69, 9.17) is 4.74 Å². The maximum atomic E-state index is 12.5. The molecule has 0 spiro atoms. The van der Waals surface area contributed by atoms with Crippen LogP contribution in [0.1, 0.15) is 19.3 Å². The minimum absolute atomic E-state index is 0.0313. The van der Waals surface area contributed by atoms with Crippen molar-refractivity contribution in [2.45, 2.75) is 19.3 Å². The molecule has 0 bridgehead atoms. The molecule has 2 aliphatic rings. The number of anilines is 1. The Kier molecular flexibility index (Phi) is 6.62. The van der Waals surface area contributed by atoms with Crippen molar-refractivity contribution in [2.24, 2.45) is 13.0 Å². The second kappa shape index (κ2) is 9.14. The summed E-state index contributed by atoms with van der Waals surface area (Å²) in [5.41, 5.74) is 0.676. The summed E-state index contributed by atoms with van der Waals surface area (Å²) < 4.78 is 6.65. The molecule has 1 aromatic rings. The van der Waals surface area contributed by atoms with Gasteiger partial charge in [0.05, 0.1) is 31.0 Å². The zero-order chi connectivity index (χ0) is 18.4. The predicted molar refractivity (Wildman–Crippen MR) is 99.3 cm³/mol. The molecule has 0 aliphatic carbocycles. The molecule has 2 saturated heterocycles. The predicted octanol–water partition coefficient (Wildman–Crippen LogP) is -0.165. The highest BCUT2D eigenvalue weighted by atomic mass is 16.5. The van der Waals surface area contributed by atoms with Crippen molar-refractivity contribution < 1.29 is 9.53 Å². The number of nitrogens with one attached hydrogen (secondary N) is 1. The molecule has 1 N–H and O–H groups in total. The van der Waals surface area contributed by atoms with Crippen LogP contribution in [0.15, 0.2) is 17.1 Å². The van der Waals surface area contributed by atoms with Crippen LogP contribution in [0.5, 0.6) is 0 Å². The van der Waals surface area contributed by atoms with Gasteiger partial charge in [-0.05, 0) is 25.8 Å². The van der Waals surface area contributed by atoms with E-state index in [0.29, 0.717) is 13.1 Å². The van der Waals surface area contributed by atoms with Crippen LogP contribution >= 0.6 is 0 Å². The van der Waals surface area contributed by atoms with Gasteiger partial charge in [-0.15, -0.1) is 0 Å². The van der Waals surface area contributed by atoms with Crippen molar-refractivity contribution in [2.75, 3.05) is 57.4 Å². The van der Waals surface area contributed by atoms with Crippen molar-refractivity contribution in [3.8, 4) is 0 Å². The molecule has 0 aromatic carbocycles. The van der Waals surface area contributed by atoms with Gasteiger partial charge in [0, 0.05) is 45.8 Å². The summed E-state index contributed by atoms with van der Waals surface area (Å²) in [6.07, 6.45) is 4.50. The van der Waals surface area contributed by atoms with Gasteiger partial charge in [0.15, 0.2) is 0 Å². The van der Waals surface area contributed by atoms with Crippen LogP contribution in [0.25, 0.3) is 0 Å². The molecule has 3 rings (SSSR count). The first-order chi connectivity index (χ1) is 12.6. The number of aryl methyl sites for hydroxylation is 1. The van der Waals surface area contributed by atoms with Crippen LogP contribution < -0.4 is 15.8 Å². The Labute approximate surface area is 154 Å². The maximum absolute atomic E-state index is 12.5. The molecule has 2 aliphatic heterocycles. The lowest BCUT2D eigenvalue weighted by Crippen LogP contribution is -2.44. The summed E-state index contributed by atoms with van der Waals surface area (Å²) in [4.78, 5) is 28.7. The van der Waals surface area contributed by atoms with E-state index >= 15 is 0 Å². The molecular weight excluding hydrogens is 334 g/mol. The first-order valence-electron chi connectivity index (χ1n) is 9.49. The molecule has 8 nitrogen and oxygen atoms in total. The number of rotatable bonds is 6. The minimum Gasteiger partial charge on any atom is -0.379 e. The average Bonchev–Trinajstić information content (AvgIpc) is 2.68. The van der Waals surface area contributed by atoms with Crippen molar-refractivity contribution >= 4 is 11.6 Å². The van der Waals surface area contributed by atoms with Crippen LogP contribution in [0.2, 0.25) is 0 Å². The minimum atomic E-state index is -0.128. The first-order valence-corrected chi connectivity index (χ1v) is 9.49. The van der Waals surface area contributed by atoms with E-state index in [0.717, 1.165) is 64.3 Å². The Bertz CT molecular complexity index is 656. The Balaban J connectivity index is 1.43. The van der Waals surface area contributed by atoms with Crippen LogP contribution in [0.3, 0.4) is 0 Å². The number of hydrogen-bond donors (Lipinski definition) is 1. The topological polar surface area (TPSA) is 79.7 Å². The summed E-state index contributed by atoms with van der Waals surface area (Å²) in [6, 6.07) is 1.59. The largest absolute Gasteiger partial charge is 0.379 e. The third-order valence-electron chi connectivity index (χ3n) is 5.16. The molecule has 3 heterocycles. The normalized spacial score (nSPS) is 21.6. The van der Waals surface area contributed by atoms with Crippen molar-refractivity contribution in [3.05, 3.63) is 22.6 Å². The number of amides is 1. The quantitative estimate of drug-likeness (QED) is 0.708. The highest BCUT2D eigenvalue weighted by Gasteiger charge is 2.26. The fourth-order valence-electron chi connectivity index (χ4n) is 3.54. The van der Waals surface area contributed by atoms with E-state index in [1.165, 1.54) is 4.68 Å². The van der Waals surface area contributed by atoms with Crippen LogP contribution in [-0.4, -0.2) is 73.1 Å². The van der Waals surface area contributed by atoms with Gasteiger partial charge >= 0.3 is 0 Å². The van der Waals surface area contributed by atoms with Gasteiger partial charge in [-0.3, -0.25) is 14.5 Å². The van der Waals surface area contributed by atoms with Gasteiger partial charge in [-0.1, -0.05) is 0 Å². The lowest BCUT2D eigenvalue weighted by Gasteiger charge is -2.33. The van der Waals surface area contributed by atoms with E-state index < -0.39 is 0 Å². The van der Waals surface area contributed by atoms with E-state index in [9.17, 15) is 9.59 Å². The molecule has 0 unspecified atom stereocenters. The van der Waals surface area contributed by atoms with Crippen molar-refractivity contribution in [3.63, 3.8) is 0 Å². The van der Waals surface area contributed by atoms with E-state index in [2.05, 4.69) is 20.2 Å². The number of carbonyl (C=O) groups excluding carboxylic acids is 1. The molecule has 0 radical (unpaired) electrons. The number of morpholine rings is 1. The average molecular weight is 363 g/mol. The standard InChI is InChI=1S/C18H29N5O3/c1-21-17(24)12-16(13-20-21)23-7-2-4-15(14-23)18(25)19-5-3-6-22-8-10-26-11-9-22/h12-13,15H,2-11,14H2,1H3,(H,19,25)/t15-/m1/s1. The second-order valence-electron chi connectivity index (χ2n) is 7.06. The lowest BCUT2D eigenvalue weighted by atomic mass is 9.97. The summed E-state index contributed by atoms with van der Waals surface area (Å²) in [5, 5.41) is 7.16. The van der Waals surface area contributed by atoms with E-state index in [1.807, 2.05) is 0 Å². The number of ether oxygens (including phenoxy) is 1. The molecule has 26 heavy (non-hydrogen) atoms. The van der Waals surface area contributed by atoms with Gasteiger partial charge in [0.2, 0.25) is 5.91 Å². The zero-order valence-corrected chi connectivity index (χ0v) is 15.5. The van der Waals surface area contributed by atoms with Gasteiger partial charge < -0.3 is 15.0 Å². The first kappa shape index (κ1) is 18.8. The SMILES string of the molecule is Cn1ncc(N2CCC[C@@H](C(=O)NCCCN3CCOCC3)C2)cc1=O. The second-order valence-corrected chi connectivity index (χ2v) is 7.06. The summed E-state index contributed by atoms with van der Waals surface area (Å²) >= 11 is 0. The lowest BCUT2D eigenvalue weighted by molar-refractivity contribution is -0.125. The van der Waals surface area contributed by atoms with Gasteiger partial charge in [0.25, 0.3) is 5.56 Å². The van der Waals surface area contributed by atoms with E-state index in [1.54, 1.807) is 19.3 Å². The highest BCUT2D eigenvalue weighted by molar-refractivity contribution is 5.79. The van der Waals surface area contributed by atoms with Crippen LogP contribution in [-0.2, 0) is 16.6 Å². The number of carbonyl (C=O) groups is 1. The molecular formula is C18H29N5O3. The fourth-order valence-corrected chi connectivity index (χ4v) is 3.54. The zero-order valence-electron chi connectivity index (χ0n) is 15.5. The number of piperidine rings is 1. The Morgan fingerprint density at radius 1 is 1.35 bits per heavy atom. The molecule has 144 valence electrons. The molecule has 1 aromatic heterocycles. The van der Waals surface area contributed by atoms with E-state index in [-0.39, 0.29) is 17.4 Å². The third-order valence-corrected chi connectivity index (χ3v) is 5.16. The van der Waals surface area contributed by atoms with Crippen LogP contribution in [0, 0.1) is 5.92 Å². The van der Waals surface area contributed by atoms with Crippen molar-refractivity contribution in [1.29, 1.82) is 0 Å². The molecule has 0 saturated carbocycles.